The van der Waals surface area contributed by atoms with Crippen molar-refractivity contribution in [3.05, 3.63) is 21.7 Å². The van der Waals surface area contributed by atoms with Crippen LogP contribution in [0.5, 0.6) is 0 Å². The fourth-order valence-corrected chi connectivity index (χ4v) is 1.71. The first-order chi connectivity index (χ1) is 7.75. The van der Waals surface area contributed by atoms with E-state index in [0.717, 1.165) is 11.3 Å². The molecule has 1 N–H and O–H groups in total. The van der Waals surface area contributed by atoms with E-state index in [1.54, 1.807) is 0 Å². The summed E-state index contributed by atoms with van der Waals surface area (Å²) in [6.45, 7) is 0.387. The first-order valence-electron chi connectivity index (χ1n) is 4.28. The van der Waals surface area contributed by atoms with Gasteiger partial charge in [0.25, 0.3) is 5.91 Å². The molecule has 2 heterocycles. The van der Waals surface area contributed by atoms with E-state index in [4.69, 9.17) is 16.1 Å². The first-order valence-corrected chi connectivity index (χ1v) is 5.48. The van der Waals surface area contributed by atoms with Crippen molar-refractivity contribution in [3.8, 4) is 0 Å². The van der Waals surface area contributed by atoms with Crippen molar-refractivity contribution >= 4 is 28.8 Å². The minimum Gasteiger partial charge on any atom is -0.349 e. The summed E-state index contributed by atoms with van der Waals surface area (Å²) in [6.07, 6.45) is 1.78. The Morgan fingerprint density at radius 1 is 1.56 bits per heavy atom. The molecule has 0 spiro atoms. The Morgan fingerprint density at radius 2 is 2.44 bits per heavy atom. The fourth-order valence-electron chi connectivity index (χ4n) is 0.962. The lowest BCUT2D eigenvalue weighted by Gasteiger charge is -1.98. The van der Waals surface area contributed by atoms with Gasteiger partial charge in [-0.1, -0.05) is 16.5 Å². The van der Waals surface area contributed by atoms with Crippen LogP contribution in [-0.4, -0.2) is 32.8 Å². The van der Waals surface area contributed by atoms with Crippen molar-refractivity contribution in [2.75, 3.05) is 6.54 Å². The van der Waals surface area contributed by atoms with Gasteiger partial charge in [-0.25, -0.2) is 0 Å². The molecule has 0 saturated heterocycles. The maximum absolute atomic E-state index is 11.5. The van der Waals surface area contributed by atoms with Gasteiger partial charge in [0.1, 0.15) is 0 Å². The molecular formula is C7H6ClN5O2S. The quantitative estimate of drug-likeness (QED) is 0.862. The Bertz CT molecular complexity index is 471. The summed E-state index contributed by atoms with van der Waals surface area (Å²) < 4.78 is 5.00. The van der Waals surface area contributed by atoms with E-state index in [1.165, 1.54) is 6.33 Å². The van der Waals surface area contributed by atoms with Crippen LogP contribution >= 0.6 is 22.9 Å². The van der Waals surface area contributed by atoms with Gasteiger partial charge in [0, 0.05) is 13.0 Å². The van der Waals surface area contributed by atoms with E-state index >= 15 is 0 Å². The zero-order valence-corrected chi connectivity index (χ0v) is 9.46. The molecule has 2 aromatic heterocycles. The summed E-state index contributed by atoms with van der Waals surface area (Å²) in [6, 6.07) is 0. The average molecular weight is 260 g/mol. The minimum absolute atomic E-state index is 0.232. The molecule has 9 heteroatoms. The summed E-state index contributed by atoms with van der Waals surface area (Å²) >= 11 is 6.57. The number of carbonyl (C=O) groups is 1. The third-order valence-electron chi connectivity index (χ3n) is 1.63. The zero-order valence-electron chi connectivity index (χ0n) is 7.88. The Morgan fingerprint density at radius 3 is 3.06 bits per heavy atom. The molecule has 0 fully saturated rings. The number of carbonyl (C=O) groups excluding carboxylic acids is 1. The second kappa shape index (κ2) is 4.99. The molecule has 0 radical (unpaired) electrons. The van der Waals surface area contributed by atoms with E-state index in [0.29, 0.717) is 18.9 Å². The van der Waals surface area contributed by atoms with Gasteiger partial charge in [-0.2, -0.15) is 4.98 Å². The summed E-state index contributed by atoms with van der Waals surface area (Å²) in [5, 5.41) is 13.4. The highest BCUT2D eigenvalue weighted by atomic mass is 35.5. The van der Waals surface area contributed by atoms with Crippen LogP contribution in [-0.2, 0) is 6.42 Å². The van der Waals surface area contributed by atoms with Crippen molar-refractivity contribution in [2.45, 2.75) is 6.42 Å². The molecular weight excluding hydrogens is 254 g/mol. The predicted molar refractivity (Wildman–Crippen MR) is 55.3 cm³/mol. The van der Waals surface area contributed by atoms with Crippen LogP contribution in [0, 0.1) is 0 Å². The van der Waals surface area contributed by atoms with Gasteiger partial charge >= 0.3 is 0 Å². The first kappa shape index (κ1) is 11.0. The van der Waals surface area contributed by atoms with Gasteiger partial charge in [-0.05, 0) is 11.6 Å². The molecule has 2 aromatic rings. The van der Waals surface area contributed by atoms with Crippen molar-refractivity contribution in [3.63, 3.8) is 0 Å². The van der Waals surface area contributed by atoms with Crippen LogP contribution in [0.2, 0.25) is 4.47 Å². The number of halogens is 1. The smallest absolute Gasteiger partial charge is 0.282 e. The maximum Gasteiger partial charge on any atom is 0.282 e. The van der Waals surface area contributed by atoms with Gasteiger partial charge in [0.05, 0.1) is 0 Å². The normalized spacial score (nSPS) is 10.3. The second-order valence-electron chi connectivity index (χ2n) is 2.70. The molecule has 0 aliphatic heterocycles. The van der Waals surface area contributed by atoms with E-state index in [1.807, 2.05) is 0 Å². The lowest BCUT2D eigenvalue weighted by molar-refractivity contribution is 0.0952. The monoisotopic (exact) mass is 259 g/mol. The van der Waals surface area contributed by atoms with Crippen LogP contribution in [0.4, 0.5) is 0 Å². The third-order valence-corrected chi connectivity index (χ3v) is 2.64. The Kier molecular flexibility index (Phi) is 3.42. The maximum atomic E-state index is 11.5. The summed E-state index contributed by atoms with van der Waals surface area (Å²) in [4.78, 5) is 15.3. The number of nitrogens with one attached hydrogen (secondary N) is 1. The highest BCUT2D eigenvalue weighted by molar-refractivity contribution is 7.17. The SMILES string of the molecule is O=C(NCCc1ncno1)c1nnc(Cl)s1. The predicted octanol–water partition coefficient (Wildman–Crippen LogP) is 0.547. The number of nitrogens with zero attached hydrogens (tertiary/aromatic N) is 4. The second-order valence-corrected chi connectivity index (χ2v) is 4.26. The van der Waals surface area contributed by atoms with E-state index in [2.05, 4.69) is 25.7 Å². The fraction of sp³-hybridized carbons (Fsp3) is 0.286. The van der Waals surface area contributed by atoms with Gasteiger partial charge in [-0.15, -0.1) is 10.2 Å². The van der Waals surface area contributed by atoms with Crippen molar-refractivity contribution < 1.29 is 9.32 Å². The van der Waals surface area contributed by atoms with Crippen LogP contribution in [0.1, 0.15) is 15.7 Å². The molecule has 1 amide bonds. The molecule has 0 aromatic carbocycles. The van der Waals surface area contributed by atoms with Crippen LogP contribution in [0.25, 0.3) is 0 Å². The van der Waals surface area contributed by atoms with E-state index in [-0.39, 0.29) is 15.4 Å². The van der Waals surface area contributed by atoms with Crippen LogP contribution in [0.3, 0.4) is 0 Å². The standard InChI is InChI=1S/C7H6ClN5O2S/c8-7-13-12-6(16-7)5(14)9-2-1-4-10-3-11-15-4/h3H,1-2H2,(H,9,14). The lowest BCUT2D eigenvalue weighted by atomic mass is 10.4. The molecule has 0 atom stereocenters. The third kappa shape index (κ3) is 2.74. The van der Waals surface area contributed by atoms with Crippen molar-refractivity contribution in [1.82, 2.24) is 25.7 Å². The summed E-state index contributed by atoms with van der Waals surface area (Å²) in [5.41, 5.74) is 0. The molecule has 0 unspecified atom stereocenters. The van der Waals surface area contributed by atoms with Gasteiger partial charge in [0.2, 0.25) is 15.4 Å². The van der Waals surface area contributed by atoms with Crippen LogP contribution in [0.15, 0.2) is 10.9 Å². The minimum atomic E-state index is -0.316. The summed E-state index contributed by atoms with van der Waals surface area (Å²) in [7, 11) is 0. The van der Waals surface area contributed by atoms with E-state index < -0.39 is 0 Å². The highest BCUT2D eigenvalue weighted by Crippen LogP contribution is 2.14. The number of hydrogen-bond donors (Lipinski definition) is 1. The lowest BCUT2D eigenvalue weighted by Crippen LogP contribution is -2.25. The number of rotatable bonds is 4. The van der Waals surface area contributed by atoms with Crippen LogP contribution < -0.4 is 5.32 Å². The number of hydrogen-bond acceptors (Lipinski definition) is 7. The Balaban J connectivity index is 1.80. The molecule has 0 aliphatic carbocycles. The number of amides is 1. The topological polar surface area (TPSA) is 93.8 Å². The zero-order chi connectivity index (χ0) is 11.4. The number of aromatic nitrogens is 4. The molecule has 0 aliphatic rings. The Labute approximate surface area is 98.8 Å². The Hall–Kier alpha value is -1.54. The molecule has 16 heavy (non-hydrogen) atoms. The molecule has 7 nitrogen and oxygen atoms in total. The molecule has 0 saturated carbocycles. The van der Waals surface area contributed by atoms with Crippen molar-refractivity contribution in [2.24, 2.45) is 0 Å². The largest absolute Gasteiger partial charge is 0.349 e. The molecule has 0 bridgehead atoms. The van der Waals surface area contributed by atoms with Gasteiger partial charge < -0.3 is 9.84 Å². The van der Waals surface area contributed by atoms with Crippen molar-refractivity contribution in [1.29, 1.82) is 0 Å². The molecule has 84 valence electrons. The highest BCUT2D eigenvalue weighted by Gasteiger charge is 2.11. The van der Waals surface area contributed by atoms with E-state index in [9.17, 15) is 4.79 Å². The molecule has 2 rings (SSSR count). The van der Waals surface area contributed by atoms with Gasteiger partial charge in [0.15, 0.2) is 6.33 Å². The average Bonchev–Trinajstić information content (AvgIpc) is 2.89. The summed E-state index contributed by atoms with van der Waals surface area (Å²) in [5.74, 6) is 0.152. The van der Waals surface area contributed by atoms with Gasteiger partial charge in [-0.3, -0.25) is 4.79 Å².